The highest BCUT2D eigenvalue weighted by Gasteiger charge is 2.15. The number of rotatable bonds is 31. The van der Waals surface area contributed by atoms with Crippen molar-refractivity contribution in [3.63, 3.8) is 0 Å². The molecule has 0 N–H and O–H groups in total. The SMILES string of the molecule is C=CCCN(C)C.C=CCCN(C)CC1CCCCC1.C=CCCN(C)CCc1ccccc1.C=CCCN(C)CCc1ccncc1.C=CCCN(CC)CC.C=CCCN1CCCC1.C=CCCN1CCCCC1. The summed E-state index contributed by atoms with van der Waals surface area (Å²) >= 11 is 0. The van der Waals surface area contributed by atoms with Crippen LogP contribution in [0.25, 0.3) is 0 Å². The Kier molecular flexibility index (Phi) is 56.2. The second kappa shape index (κ2) is 57.4. The highest BCUT2D eigenvalue weighted by atomic mass is 15.1. The van der Waals surface area contributed by atoms with Crippen LogP contribution in [0.3, 0.4) is 0 Å². The quantitative estimate of drug-likeness (QED) is 0.0692. The van der Waals surface area contributed by atoms with E-state index in [4.69, 9.17) is 0 Å². The molecular weight excluding hydrogens is 929 g/mol. The third-order valence-electron chi connectivity index (χ3n) is 13.9. The molecule has 0 amide bonds. The molecule has 1 aliphatic carbocycles. The number of aromatic nitrogens is 1. The number of nitrogens with zero attached hydrogens (tertiary/aromatic N) is 8. The van der Waals surface area contributed by atoms with Crippen molar-refractivity contribution in [3.8, 4) is 0 Å². The molecule has 434 valence electrons. The molecule has 5 rings (SSSR count). The van der Waals surface area contributed by atoms with Crippen molar-refractivity contribution in [2.45, 2.75) is 136 Å². The van der Waals surface area contributed by atoms with Gasteiger partial charge in [0.25, 0.3) is 0 Å². The zero-order chi connectivity index (χ0) is 56.5. The number of likely N-dealkylation sites (tertiary alicyclic amines) is 2. The van der Waals surface area contributed by atoms with Crippen LogP contribution < -0.4 is 0 Å². The summed E-state index contributed by atoms with van der Waals surface area (Å²) in [7, 11) is 10.7. The van der Waals surface area contributed by atoms with Gasteiger partial charge in [-0.15, -0.1) is 46.1 Å². The Morgan fingerprint density at radius 2 is 0.829 bits per heavy atom. The molecule has 2 aliphatic heterocycles. The first kappa shape index (κ1) is 74.3. The van der Waals surface area contributed by atoms with Gasteiger partial charge in [0.1, 0.15) is 0 Å². The Hall–Kier alpha value is -3.73. The fourth-order valence-corrected chi connectivity index (χ4v) is 8.79. The largest absolute Gasteiger partial charge is 0.309 e. The minimum atomic E-state index is 0.976. The summed E-state index contributed by atoms with van der Waals surface area (Å²) in [6.45, 7) is 49.5. The molecule has 2 aromatic rings. The van der Waals surface area contributed by atoms with Gasteiger partial charge in [0.05, 0.1) is 0 Å². The lowest BCUT2D eigenvalue weighted by Crippen LogP contribution is -2.30. The van der Waals surface area contributed by atoms with Crippen molar-refractivity contribution in [3.05, 3.63) is 155 Å². The summed E-state index contributed by atoms with van der Waals surface area (Å²) in [6.07, 6.45) is 41.9. The first-order valence-electron chi connectivity index (χ1n) is 30.0. The van der Waals surface area contributed by atoms with Crippen LogP contribution in [-0.2, 0) is 12.8 Å². The summed E-state index contributed by atoms with van der Waals surface area (Å²) < 4.78 is 0. The monoisotopic (exact) mass is 1050 g/mol. The van der Waals surface area contributed by atoms with Crippen molar-refractivity contribution in [1.82, 2.24) is 39.3 Å². The zero-order valence-corrected chi connectivity index (χ0v) is 51.1. The van der Waals surface area contributed by atoms with Gasteiger partial charge in [-0.3, -0.25) is 4.98 Å². The van der Waals surface area contributed by atoms with E-state index in [-0.39, 0.29) is 0 Å². The normalized spacial score (nSPS) is 14.4. The molecule has 1 aromatic carbocycles. The number of piperidine rings is 1. The molecule has 3 heterocycles. The third-order valence-corrected chi connectivity index (χ3v) is 13.9. The molecule has 8 nitrogen and oxygen atoms in total. The summed E-state index contributed by atoms with van der Waals surface area (Å²) in [5.74, 6) is 0.976. The Bertz CT molecular complexity index is 1490. The molecule has 0 unspecified atom stereocenters. The second-order valence-electron chi connectivity index (χ2n) is 21.0. The van der Waals surface area contributed by atoms with E-state index in [0.29, 0.717) is 0 Å². The maximum Gasteiger partial charge on any atom is 0.0270 e. The first-order chi connectivity index (χ1) is 37.0. The van der Waals surface area contributed by atoms with Crippen LogP contribution in [0.4, 0.5) is 0 Å². The Labute approximate surface area is 473 Å². The third kappa shape index (κ3) is 51.1. The van der Waals surface area contributed by atoms with Crippen molar-refractivity contribution in [1.29, 1.82) is 0 Å². The second-order valence-corrected chi connectivity index (χ2v) is 21.0. The average Bonchev–Trinajstić information content (AvgIpc) is 3.99. The molecule has 0 bridgehead atoms. The molecule has 0 atom stereocenters. The van der Waals surface area contributed by atoms with Gasteiger partial charge in [-0.25, -0.2) is 0 Å². The predicted octanol–water partition coefficient (Wildman–Crippen LogP) is 14.7. The van der Waals surface area contributed by atoms with E-state index >= 15 is 0 Å². The molecule has 76 heavy (non-hydrogen) atoms. The molecule has 0 radical (unpaired) electrons. The molecule has 3 fully saturated rings. The topological polar surface area (TPSA) is 35.6 Å². The minimum absolute atomic E-state index is 0.976. The Morgan fingerprint density at radius 3 is 1.24 bits per heavy atom. The highest BCUT2D eigenvalue weighted by molar-refractivity contribution is 5.15. The molecule has 8 heteroatoms. The lowest BCUT2D eigenvalue weighted by Gasteiger charge is -2.26. The maximum absolute atomic E-state index is 4.00. The number of likely N-dealkylation sites (N-methyl/N-ethyl adjacent to an activating group) is 2. The Balaban J connectivity index is 0. The van der Waals surface area contributed by atoms with Crippen LogP contribution >= 0.6 is 0 Å². The van der Waals surface area contributed by atoms with Gasteiger partial charge < -0.3 is 34.3 Å². The zero-order valence-electron chi connectivity index (χ0n) is 51.1. The van der Waals surface area contributed by atoms with Crippen LogP contribution in [0.5, 0.6) is 0 Å². The van der Waals surface area contributed by atoms with Crippen LogP contribution in [0.2, 0.25) is 0 Å². The first-order valence-corrected chi connectivity index (χ1v) is 30.0. The van der Waals surface area contributed by atoms with Gasteiger partial charge >= 0.3 is 0 Å². The number of pyridine rings is 1. The molecule has 2 saturated heterocycles. The van der Waals surface area contributed by atoms with E-state index in [1.807, 2.05) is 54.9 Å². The molecule has 3 aliphatic rings. The predicted molar refractivity (Wildman–Crippen MR) is 343 cm³/mol. The van der Waals surface area contributed by atoms with Crippen LogP contribution in [0.15, 0.2) is 143 Å². The van der Waals surface area contributed by atoms with Gasteiger partial charge in [0.2, 0.25) is 0 Å². The van der Waals surface area contributed by atoms with Gasteiger partial charge in [-0.1, -0.05) is 112 Å². The number of benzene rings is 1. The van der Waals surface area contributed by atoms with Crippen molar-refractivity contribution < 1.29 is 0 Å². The summed E-state index contributed by atoms with van der Waals surface area (Å²) in [5, 5.41) is 0. The summed E-state index contributed by atoms with van der Waals surface area (Å²) in [4.78, 5) is 20.7. The lowest BCUT2D eigenvalue weighted by molar-refractivity contribution is 0.233. The number of hydrogen-bond acceptors (Lipinski definition) is 8. The van der Waals surface area contributed by atoms with Crippen molar-refractivity contribution in [2.75, 3.05) is 140 Å². The highest BCUT2D eigenvalue weighted by Crippen LogP contribution is 2.24. The molecule has 1 saturated carbocycles. The summed E-state index contributed by atoms with van der Waals surface area (Å²) in [6, 6.07) is 14.8. The van der Waals surface area contributed by atoms with Gasteiger partial charge in [0, 0.05) is 77.8 Å². The van der Waals surface area contributed by atoms with E-state index in [0.717, 1.165) is 116 Å². The van der Waals surface area contributed by atoms with E-state index < -0.39 is 0 Å². The summed E-state index contributed by atoms with van der Waals surface area (Å²) in [5.41, 5.74) is 2.77. The van der Waals surface area contributed by atoms with Crippen LogP contribution in [-0.4, -0.2) is 179 Å². The van der Waals surface area contributed by atoms with E-state index in [9.17, 15) is 0 Å². The standard InChI is InChI=1S/C13H19N.C12H18N2.C12H23N.C9H17N.C8H15N.C8H17N.C6H13N/c1-3-4-11-14(2)12-10-13-8-6-5-7-9-13;1-3-4-10-14(2)11-7-12-5-8-13-9-6-12;1-3-4-10-13(2)11-12-8-6-5-7-9-12;1-2-3-7-10-8-5-4-6-9-10;1-2-3-6-9-7-4-5-8-9;1-4-7-8-9(5-2)6-3;1-4-5-6-7(2)3/h3,5-9H,1,4,10-12H2,2H3;3,5-6,8-9H,1,4,7,10-11H2,2H3;3,12H,1,4-11H2,2H3;2H,1,3-9H2;2H,1,3-8H2;4H,1,5-8H2,2-3H3;4H,1,5-6H2,2-3H3. The number of hydrogen-bond donors (Lipinski definition) is 0. The smallest absolute Gasteiger partial charge is 0.0270 e. The lowest BCUT2D eigenvalue weighted by atomic mass is 9.89. The van der Waals surface area contributed by atoms with E-state index in [2.05, 4.69) is 177 Å². The van der Waals surface area contributed by atoms with Crippen LogP contribution in [0.1, 0.15) is 134 Å². The van der Waals surface area contributed by atoms with Crippen molar-refractivity contribution >= 4 is 0 Å². The van der Waals surface area contributed by atoms with E-state index in [1.54, 1.807) is 0 Å². The average molecular weight is 1050 g/mol. The van der Waals surface area contributed by atoms with E-state index in [1.165, 1.54) is 128 Å². The Morgan fingerprint density at radius 1 is 0.447 bits per heavy atom. The van der Waals surface area contributed by atoms with Gasteiger partial charge in [0.15, 0.2) is 0 Å². The molecule has 0 spiro atoms. The molecule has 1 aromatic heterocycles. The minimum Gasteiger partial charge on any atom is -0.309 e. The maximum atomic E-state index is 4.00. The fraction of sp³-hybridized carbons (Fsp3) is 0.632. The van der Waals surface area contributed by atoms with Crippen LogP contribution in [0, 0.1) is 5.92 Å². The van der Waals surface area contributed by atoms with Gasteiger partial charge in [-0.2, -0.15) is 0 Å². The van der Waals surface area contributed by atoms with Gasteiger partial charge in [-0.05, 0) is 200 Å². The molecular formula is C68H122N8. The fourth-order valence-electron chi connectivity index (χ4n) is 8.79. The van der Waals surface area contributed by atoms with Crippen molar-refractivity contribution in [2.24, 2.45) is 5.92 Å².